The Hall–Kier alpha value is -3.36. The molecule has 170 valence electrons. The van der Waals surface area contributed by atoms with Gasteiger partial charge in [-0.05, 0) is 23.8 Å². The van der Waals surface area contributed by atoms with Crippen LogP contribution in [0, 0.1) is 0 Å². The molecule has 1 aliphatic rings. The molecule has 0 saturated carbocycles. The van der Waals surface area contributed by atoms with Crippen molar-refractivity contribution in [3.8, 4) is 11.1 Å². The average Bonchev–Trinajstić information content (AvgIpc) is 3.45. The first-order valence-electron chi connectivity index (χ1n) is 10.9. The van der Waals surface area contributed by atoms with Crippen LogP contribution in [0.4, 0.5) is 5.69 Å². The van der Waals surface area contributed by atoms with Crippen LogP contribution in [0.15, 0.2) is 61.2 Å². The number of piperazine rings is 1. The molecule has 5 rings (SSSR count). The van der Waals surface area contributed by atoms with Crippen LogP contribution >= 0.6 is 11.6 Å². The fourth-order valence-corrected chi connectivity index (χ4v) is 4.38. The van der Waals surface area contributed by atoms with Crippen LogP contribution in [0.25, 0.3) is 16.6 Å². The van der Waals surface area contributed by atoms with Gasteiger partial charge in [0.25, 0.3) is 0 Å². The monoisotopic (exact) mass is 464 g/mol. The second-order valence-corrected chi connectivity index (χ2v) is 8.76. The summed E-state index contributed by atoms with van der Waals surface area (Å²) < 4.78 is 3.67. The Kier molecular flexibility index (Phi) is 5.78. The van der Waals surface area contributed by atoms with Crippen molar-refractivity contribution >= 4 is 28.7 Å². The van der Waals surface area contributed by atoms with Crippen molar-refractivity contribution in [2.45, 2.75) is 12.5 Å². The molecule has 9 heteroatoms. The summed E-state index contributed by atoms with van der Waals surface area (Å²) in [5, 5.41) is 19.8. The molecule has 1 atom stereocenters. The molecule has 1 amide bonds. The molecule has 0 aliphatic carbocycles. The molecule has 0 radical (unpaired) electrons. The van der Waals surface area contributed by atoms with E-state index >= 15 is 0 Å². The Bertz CT molecular complexity index is 1270. The minimum Gasteiger partial charge on any atom is -0.388 e. The molecule has 1 saturated heterocycles. The second-order valence-electron chi connectivity index (χ2n) is 8.32. The van der Waals surface area contributed by atoms with E-state index in [9.17, 15) is 9.90 Å². The van der Waals surface area contributed by atoms with Gasteiger partial charge in [-0.15, -0.1) is 0 Å². The maximum atomic E-state index is 12.7. The number of benzene rings is 1. The SMILES string of the molecule is Cn1cc(-c2ccc3c(N4CCN(C(=O)C[C@H](O)c5ccc(Cl)cc5)CC4)cnn3c2)cn1. The molecule has 0 unspecified atom stereocenters. The number of amides is 1. The molecule has 8 nitrogen and oxygen atoms in total. The Labute approximate surface area is 196 Å². The number of anilines is 1. The van der Waals surface area contributed by atoms with Gasteiger partial charge in [-0.1, -0.05) is 29.8 Å². The molecule has 4 heterocycles. The number of hydrogen-bond donors (Lipinski definition) is 1. The number of fused-ring (bicyclic) bond motifs is 1. The molecule has 33 heavy (non-hydrogen) atoms. The lowest BCUT2D eigenvalue weighted by atomic mass is 10.1. The zero-order chi connectivity index (χ0) is 22.9. The maximum absolute atomic E-state index is 12.7. The number of aliphatic hydroxyl groups excluding tert-OH is 1. The Morgan fingerprint density at radius 3 is 2.45 bits per heavy atom. The summed E-state index contributed by atoms with van der Waals surface area (Å²) in [4.78, 5) is 16.8. The van der Waals surface area contributed by atoms with Crippen LogP contribution in [0.1, 0.15) is 18.1 Å². The number of rotatable bonds is 5. The van der Waals surface area contributed by atoms with E-state index in [-0.39, 0.29) is 12.3 Å². The van der Waals surface area contributed by atoms with E-state index in [4.69, 9.17) is 11.6 Å². The van der Waals surface area contributed by atoms with Crippen molar-refractivity contribution < 1.29 is 9.90 Å². The Morgan fingerprint density at radius 2 is 1.76 bits per heavy atom. The normalized spacial score (nSPS) is 15.2. The number of carbonyl (C=O) groups excluding carboxylic acids is 1. The summed E-state index contributed by atoms with van der Waals surface area (Å²) in [5.74, 6) is -0.0434. The molecule has 1 N–H and O–H groups in total. The van der Waals surface area contributed by atoms with Crippen LogP contribution in [0.5, 0.6) is 0 Å². The Balaban J connectivity index is 1.22. The number of nitrogens with zero attached hydrogens (tertiary/aromatic N) is 6. The quantitative estimate of drug-likeness (QED) is 0.491. The molecular formula is C24H25ClN6O2. The number of aryl methyl sites for hydroxylation is 1. The van der Waals surface area contributed by atoms with Crippen molar-refractivity contribution in [2.75, 3.05) is 31.1 Å². The number of carbonyl (C=O) groups is 1. The molecule has 1 aromatic carbocycles. The van der Waals surface area contributed by atoms with E-state index in [1.165, 1.54) is 0 Å². The smallest absolute Gasteiger partial charge is 0.225 e. The van der Waals surface area contributed by atoms with E-state index in [1.54, 1.807) is 28.9 Å². The highest BCUT2D eigenvalue weighted by molar-refractivity contribution is 6.30. The van der Waals surface area contributed by atoms with Crippen molar-refractivity contribution in [3.05, 3.63) is 71.8 Å². The van der Waals surface area contributed by atoms with Crippen LogP contribution in [-0.4, -0.2) is 61.5 Å². The first-order valence-corrected chi connectivity index (χ1v) is 11.3. The third kappa shape index (κ3) is 4.44. The van der Waals surface area contributed by atoms with Gasteiger partial charge in [-0.2, -0.15) is 10.2 Å². The van der Waals surface area contributed by atoms with Crippen molar-refractivity contribution in [1.82, 2.24) is 24.3 Å². The fraction of sp³-hybridized carbons (Fsp3) is 0.292. The maximum Gasteiger partial charge on any atom is 0.225 e. The van der Waals surface area contributed by atoms with Gasteiger partial charge in [0, 0.05) is 61.8 Å². The highest BCUT2D eigenvalue weighted by atomic mass is 35.5. The van der Waals surface area contributed by atoms with Gasteiger partial charge >= 0.3 is 0 Å². The average molecular weight is 465 g/mol. The number of pyridine rings is 1. The largest absolute Gasteiger partial charge is 0.388 e. The molecule has 4 aromatic rings. The zero-order valence-electron chi connectivity index (χ0n) is 18.3. The first kappa shape index (κ1) is 21.5. The number of aliphatic hydroxyl groups is 1. The molecule has 1 fully saturated rings. The summed E-state index contributed by atoms with van der Waals surface area (Å²) in [7, 11) is 1.90. The van der Waals surface area contributed by atoms with Gasteiger partial charge < -0.3 is 14.9 Å². The third-order valence-corrected chi connectivity index (χ3v) is 6.38. The van der Waals surface area contributed by atoms with Crippen LogP contribution in [0.2, 0.25) is 5.02 Å². The van der Waals surface area contributed by atoms with Gasteiger partial charge in [-0.3, -0.25) is 9.48 Å². The second kappa shape index (κ2) is 8.88. The number of aromatic nitrogens is 4. The van der Waals surface area contributed by atoms with E-state index in [0.29, 0.717) is 36.8 Å². The summed E-state index contributed by atoms with van der Waals surface area (Å²) in [6.45, 7) is 2.65. The lowest BCUT2D eigenvalue weighted by molar-refractivity contribution is -0.133. The van der Waals surface area contributed by atoms with Crippen molar-refractivity contribution in [1.29, 1.82) is 0 Å². The highest BCUT2D eigenvalue weighted by Crippen LogP contribution is 2.27. The lowest BCUT2D eigenvalue weighted by Gasteiger charge is -2.36. The van der Waals surface area contributed by atoms with Crippen molar-refractivity contribution in [3.63, 3.8) is 0 Å². The van der Waals surface area contributed by atoms with Crippen LogP contribution in [0.3, 0.4) is 0 Å². The van der Waals surface area contributed by atoms with Crippen LogP contribution in [-0.2, 0) is 11.8 Å². The summed E-state index contributed by atoms with van der Waals surface area (Å²) in [5.41, 5.74) is 4.88. The van der Waals surface area contributed by atoms with E-state index in [1.807, 2.05) is 41.3 Å². The van der Waals surface area contributed by atoms with Gasteiger partial charge in [0.05, 0.1) is 36.1 Å². The van der Waals surface area contributed by atoms with E-state index < -0.39 is 6.10 Å². The first-order chi connectivity index (χ1) is 16.0. The van der Waals surface area contributed by atoms with Crippen LogP contribution < -0.4 is 4.90 Å². The summed E-state index contributed by atoms with van der Waals surface area (Å²) >= 11 is 5.90. The predicted octanol–water partition coefficient (Wildman–Crippen LogP) is 3.16. The highest BCUT2D eigenvalue weighted by Gasteiger charge is 2.25. The number of halogens is 1. The third-order valence-electron chi connectivity index (χ3n) is 6.13. The van der Waals surface area contributed by atoms with Gasteiger partial charge in [-0.25, -0.2) is 4.52 Å². The zero-order valence-corrected chi connectivity index (χ0v) is 19.1. The molecular weight excluding hydrogens is 440 g/mol. The van der Waals surface area contributed by atoms with E-state index in [2.05, 4.69) is 27.2 Å². The fourth-order valence-electron chi connectivity index (χ4n) is 4.25. The standard InChI is InChI=1S/C24H25ClN6O2/c1-28-15-19(13-26-28)18-4-7-21-22(14-27-31(21)16-18)29-8-10-30(11-9-29)24(33)12-23(32)17-2-5-20(25)6-3-17/h2-7,13-16,23,32H,8-12H2,1H3/t23-/m0/s1. The van der Waals surface area contributed by atoms with Crippen molar-refractivity contribution in [2.24, 2.45) is 7.05 Å². The molecule has 0 bridgehead atoms. The molecule has 1 aliphatic heterocycles. The lowest BCUT2D eigenvalue weighted by Crippen LogP contribution is -2.49. The number of hydrogen-bond acceptors (Lipinski definition) is 5. The minimum absolute atomic E-state index is 0.0434. The minimum atomic E-state index is -0.832. The summed E-state index contributed by atoms with van der Waals surface area (Å²) in [6, 6.07) is 11.1. The summed E-state index contributed by atoms with van der Waals surface area (Å²) in [6.07, 6.45) is 6.94. The Morgan fingerprint density at radius 1 is 1.00 bits per heavy atom. The molecule has 3 aromatic heterocycles. The molecule has 0 spiro atoms. The topological polar surface area (TPSA) is 78.9 Å². The van der Waals surface area contributed by atoms with E-state index in [0.717, 1.165) is 22.3 Å². The van der Waals surface area contributed by atoms with Gasteiger partial charge in [0.15, 0.2) is 0 Å². The van der Waals surface area contributed by atoms with Gasteiger partial charge in [0.2, 0.25) is 5.91 Å². The predicted molar refractivity (Wildman–Crippen MR) is 127 cm³/mol. The van der Waals surface area contributed by atoms with Gasteiger partial charge in [0.1, 0.15) is 0 Å².